The summed E-state index contributed by atoms with van der Waals surface area (Å²) in [6.07, 6.45) is 4.78. The third kappa shape index (κ3) is 2.03. The molecule has 1 aliphatic rings. The molecule has 0 atom stereocenters. The molecule has 0 saturated carbocycles. The molecule has 0 unspecified atom stereocenters. The van der Waals surface area contributed by atoms with Crippen molar-refractivity contribution in [2.24, 2.45) is 0 Å². The fourth-order valence-corrected chi connectivity index (χ4v) is 2.73. The van der Waals surface area contributed by atoms with Gasteiger partial charge in [-0.25, -0.2) is 4.79 Å². The molecule has 0 aliphatic carbocycles. The Balaban J connectivity index is 2.22. The Morgan fingerprint density at radius 3 is 3.05 bits per heavy atom. The van der Waals surface area contributed by atoms with Gasteiger partial charge < -0.3 is 9.30 Å². The highest BCUT2D eigenvalue weighted by Gasteiger charge is 2.15. The lowest BCUT2D eigenvalue weighted by Gasteiger charge is -2.19. The van der Waals surface area contributed by atoms with Crippen LogP contribution in [0.25, 0.3) is 17.0 Å². The monoisotopic (exact) mass is 269 g/mol. The zero-order valence-corrected chi connectivity index (χ0v) is 11.3. The van der Waals surface area contributed by atoms with Crippen molar-refractivity contribution in [3.05, 3.63) is 51.8 Å². The molecule has 102 valence electrons. The quantitative estimate of drug-likeness (QED) is 0.620. The number of hydrogen-bond donors (Lipinski definition) is 0. The molecule has 1 aliphatic heterocycles. The van der Waals surface area contributed by atoms with E-state index in [1.807, 2.05) is 22.8 Å². The van der Waals surface area contributed by atoms with E-state index in [4.69, 9.17) is 0 Å². The Morgan fingerprint density at radius 1 is 1.40 bits per heavy atom. The van der Waals surface area contributed by atoms with Gasteiger partial charge in [-0.1, -0.05) is 18.2 Å². The van der Waals surface area contributed by atoms with Crippen LogP contribution in [0, 0.1) is 0 Å². The van der Waals surface area contributed by atoms with Gasteiger partial charge in [0.15, 0.2) is 0 Å². The number of benzene rings is 1. The van der Waals surface area contributed by atoms with E-state index in [9.17, 15) is 9.59 Å². The van der Waals surface area contributed by atoms with E-state index in [1.165, 1.54) is 24.8 Å². The van der Waals surface area contributed by atoms with Crippen molar-refractivity contribution in [3.8, 4) is 0 Å². The Hall–Kier alpha value is -2.36. The molecule has 4 nitrogen and oxygen atoms in total. The Morgan fingerprint density at radius 2 is 2.25 bits per heavy atom. The van der Waals surface area contributed by atoms with Gasteiger partial charge in [0, 0.05) is 18.2 Å². The number of pyridine rings is 1. The van der Waals surface area contributed by atoms with Crippen molar-refractivity contribution in [2.45, 2.75) is 19.4 Å². The molecule has 0 spiro atoms. The van der Waals surface area contributed by atoms with Crippen LogP contribution < -0.4 is 5.56 Å². The first kappa shape index (κ1) is 12.7. The van der Waals surface area contributed by atoms with E-state index in [0.717, 1.165) is 30.3 Å². The van der Waals surface area contributed by atoms with Crippen molar-refractivity contribution in [2.75, 3.05) is 7.11 Å². The number of aromatic nitrogens is 1. The lowest BCUT2D eigenvalue weighted by Crippen LogP contribution is -2.26. The molecule has 20 heavy (non-hydrogen) atoms. The van der Waals surface area contributed by atoms with Gasteiger partial charge >= 0.3 is 5.97 Å². The first-order chi connectivity index (χ1) is 9.70. The Bertz CT molecular complexity index is 771. The maximum atomic E-state index is 12.5. The molecule has 0 amide bonds. The van der Waals surface area contributed by atoms with Crippen LogP contribution >= 0.6 is 0 Å². The maximum absolute atomic E-state index is 12.5. The van der Waals surface area contributed by atoms with Crippen LogP contribution in [0.15, 0.2) is 35.1 Å². The highest BCUT2D eigenvalue weighted by Crippen LogP contribution is 2.24. The van der Waals surface area contributed by atoms with Crippen LogP contribution in [0.1, 0.15) is 17.5 Å². The normalized spacial score (nSPS) is 13.8. The van der Waals surface area contributed by atoms with Gasteiger partial charge in [-0.05, 0) is 35.9 Å². The molecule has 0 N–H and O–H groups in total. The molecule has 4 heteroatoms. The van der Waals surface area contributed by atoms with Gasteiger partial charge in [0.05, 0.1) is 12.6 Å². The molecule has 1 aromatic carbocycles. The third-order valence-corrected chi connectivity index (χ3v) is 3.65. The Kier molecular flexibility index (Phi) is 3.14. The molecule has 3 rings (SSSR count). The number of para-hydroxylation sites is 1. The third-order valence-electron chi connectivity index (χ3n) is 3.65. The number of ether oxygens (including phenoxy) is 1. The number of hydrogen-bond acceptors (Lipinski definition) is 3. The molecule has 0 saturated heterocycles. The molecule has 2 heterocycles. The minimum atomic E-state index is -0.461. The predicted octanol–water partition coefficient (Wildman–Crippen LogP) is 2.13. The van der Waals surface area contributed by atoms with E-state index >= 15 is 0 Å². The van der Waals surface area contributed by atoms with Crippen molar-refractivity contribution in [1.82, 2.24) is 4.57 Å². The molecule has 0 fully saturated rings. The second kappa shape index (κ2) is 4.96. The number of carbonyl (C=O) groups excluding carboxylic acids is 1. The first-order valence-electron chi connectivity index (χ1n) is 6.62. The lowest BCUT2D eigenvalue weighted by atomic mass is 10.00. The number of rotatable bonds is 2. The average Bonchev–Trinajstić information content (AvgIpc) is 2.49. The topological polar surface area (TPSA) is 48.3 Å². The van der Waals surface area contributed by atoms with Crippen LogP contribution in [0.5, 0.6) is 0 Å². The van der Waals surface area contributed by atoms with Crippen LogP contribution in [0.2, 0.25) is 0 Å². The van der Waals surface area contributed by atoms with Crippen molar-refractivity contribution in [1.29, 1.82) is 0 Å². The van der Waals surface area contributed by atoms with Crippen molar-refractivity contribution in [3.63, 3.8) is 0 Å². The number of carbonyl (C=O) groups is 1. The summed E-state index contributed by atoms with van der Waals surface area (Å²) in [5, 5.41) is 1.03. The van der Waals surface area contributed by atoms with Gasteiger partial charge in [0.1, 0.15) is 0 Å². The fourth-order valence-electron chi connectivity index (χ4n) is 2.73. The van der Waals surface area contributed by atoms with E-state index in [-0.39, 0.29) is 5.56 Å². The van der Waals surface area contributed by atoms with Gasteiger partial charge in [-0.15, -0.1) is 0 Å². The summed E-state index contributed by atoms with van der Waals surface area (Å²) in [6.45, 7) is 0.728. The summed E-state index contributed by atoms with van der Waals surface area (Å²) in [5.74, 6) is -0.461. The van der Waals surface area contributed by atoms with E-state index < -0.39 is 5.97 Å². The fraction of sp³-hybridized carbons (Fsp3) is 0.250. The second-order valence-corrected chi connectivity index (χ2v) is 4.87. The van der Waals surface area contributed by atoms with Crippen molar-refractivity contribution >= 4 is 22.9 Å². The number of esters is 1. The molecule has 0 radical (unpaired) electrons. The van der Waals surface area contributed by atoms with E-state index in [2.05, 4.69) is 10.8 Å². The summed E-state index contributed by atoms with van der Waals surface area (Å²) >= 11 is 0. The van der Waals surface area contributed by atoms with E-state index in [1.54, 1.807) is 0 Å². The van der Waals surface area contributed by atoms with Gasteiger partial charge in [-0.2, -0.15) is 0 Å². The summed E-state index contributed by atoms with van der Waals surface area (Å²) in [7, 11) is 1.32. The summed E-state index contributed by atoms with van der Waals surface area (Å²) < 4.78 is 6.36. The minimum absolute atomic E-state index is 0.0511. The highest BCUT2D eigenvalue weighted by atomic mass is 16.5. The Labute approximate surface area is 116 Å². The molecule has 0 bridgehead atoms. The zero-order valence-electron chi connectivity index (χ0n) is 11.3. The second-order valence-electron chi connectivity index (χ2n) is 4.87. The van der Waals surface area contributed by atoms with E-state index in [0.29, 0.717) is 5.56 Å². The average molecular weight is 269 g/mol. The van der Waals surface area contributed by atoms with Crippen LogP contribution in [0.3, 0.4) is 0 Å². The summed E-state index contributed by atoms with van der Waals surface area (Å²) in [6, 6.07) is 7.91. The largest absolute Gasteiger partial charge is 0.466 e. The first-order valence-corrected chi connectivity index (χ1v) is 6.62. The highest BCUT2D eigenvalue weighted by molar-refractivity contribution is 5.89. The number of aryl methyl sites for hydroxylation is 2. The van der Waals surface area contributed by atoms with Crippen molar-refractivity contribution < 1.29 is 9.53 Å². The van der Waals surface area contributed by atoms with Crippen LogP contribution in [0.4, 0.5) is 0 Å². The smallest absolute Gasteiger partial charge is 0.330 e. The summed E-state index contributed by atoms with van der Waals surface area (Å²) in [4.78, 5) is 23.6. The molecular formula is C16H15NO3. The predicted molar refractivity (Wildman–Crippen MR) is 77.6 cm³/mol. The molecule has 2 aromatic rings. The maximum Gasteiger partial charge on any atom is 0.330 e. The van der Waals surface area contributed by atoms with Gasteiger partial charge in [-0.3, -0.25) is 4.79 Å². The zero-order chi connectivity index (χ0) is 14.1. The van der Waals surface area contributed by atoms with Crippen LogP contribution in [-0.4, -0.2) is 17.6 Å². The SMILES string of the molecule is COC(=O)C=Cc1cc2cccc3c2n(c1=O)CCC3. The lowest BCUT2D eigenvalue weighted by molar-refractivity contribution is -0.134. The number of nitrogens with zero attached hydrogens (tertiary/aromatic N) is 1. The van der Waals surface area contributed by atoms with Gasteiger partial charge in [0.2, 0.25) is 0 Å². The standard InChI is InChI=1S/C16H15NO3/c1-20-14(18)8-7-13-10-12-5-2-4-11-6-3-9-17(15(11)12)16(13)19/h2,4-5,7-8,10H,3,6,9H2,1H3. The summed E-state index contributed by atoms with van der Waals surface area (Å²) in [5.41, 5.74) is 2.71. The molecule has 1 aromatic heterocycles. The number of methoxy groups -OCH3 is 1. The van der Waals surface area contributed by atoms with Crippen LogP contribution in [-0.2, 0) is 22.5 Å². The minimum Gasteiger partial charge on any atom is -0.466 e. The van der Waals surface area contributed by atoms with Gasteiger partial charge in [0.25, 0.3) is 5.56 Å². The molecular weight excluding hydrogens is 254 g/mol.